The van der Waals surface area contributed by atoms with E-state index in [0.717, 1.165) is 19.3 Å². The molecule has 0 N–H and O–H groups in total. The van der Waals surface area contributed by atoms with E-state index in [2.05, 4.69) is 0 Å². The van der Waals surface area contributed by atoms with E-state index in [1.54, 1.807) is 0 Å². The molecule has 0 aliphatic carbocycles. The van der Waals surface area contributed by atoms with Crippen LogP contribution in [-0.2, 0) is 9.53 Å². The van der Waals surface area contributed by atoms with Crippen molar-refractivity contribution >= 4 is 17.6 Å². The Morgan fingerprint density at radius 2 is 2.25 bits per heavy atom. The summed E-state index contributed by atoms with van der Waals surface area (Å²) in [7, 11) is 0. The average Bonchev–Trinajstić information content (AvgIpc) is 1.98. The van der Waals surface area contributed by atoms with Gasteiger partial charge in [0, 0.05) is 11.8 Å². The Labute approximate surface area is 79.2 Å². The quantitative estimate of drug-likeness (QED) is 0.368. The summed E-state index contributed by atoms with van der Waals surface area (Å²) in [5.41, 5.74) is 0. The molecule has 0 saturated carbocycles. The van der Waals surface area contributed by atoms with Gasteiger partial charge in [-0.15, -0.1) is 11.6 Å². The Bertz CT molecular complexity index is 124. The number of alkyl halides is 1. The predicted octanol–water partition coefficient (Wildman–Crippen LogP) is 2.74. The first-order chi connectivity index (χ1) is 5.66. The highest BCUT2D eigenvalue weighted by Gasteiger charge is 2.00. The molecule has 0 aromatic rings. The summed E-state index contributed by atoms with van der Waals surface area (Å²) in [5, 5.41) is 0.176. The number of rotatable bonds is 6. The first-order valence-electron chi connectivity index (χ1n) is 4.46. The lowest BCUT2D eigenvalue weighted by Crippen LogP contribution is -2.06. The van der Waals surface area contributed by atoms with Gasteiger partial charge in [-0.05, 0) is 26.2 Å². The molecule has 0 aromatic heterocycles. The Morgan fingerprint density at radius 1 is 1.58 bits per heavy atom. The van der Waals surface area contributed by atoms with E-state index in [0.29, 0.717) is 13.0 Å². The molecule has 0 amide bonds. The summed E-state index contributed by atoms with van der Waals surface area (Å²) in [6, 6.07) is 0. The van der Waals surface area contributed by atoms with Gasteiger partial charge in [0.1, 0.15) is 0 Å². The maximum atomic E-state index is 10.8. The fraction of sp³-hybridized carbons (Fsp3) is 0.889. The minimum Gasteiger partial charge on any atom is -0.466 e. The van der Waals surface area contributed by atoms with Crippen LogP contribution in [0.15, 0.2) is 0 Å². The normalized spacial score (nSPS) is 12.6. The second-order valence-electron chi connectivity index (χ2n) is 2.89. The fourth-order valence-electron chi connectivity index (χ4n) is 0.827. The van der Waals surface area contributed by atoms with Crippen LogP contribution in [-0.4, -0.2) is 18.0 Å². The summed E-state index contributed by atoms with van der Waals surface area (Å²) >= 11 is 5.71. The molecule has 0 bridgehead atoms. The predicted molar refractivity (Wildman–Crippen MR) is 50.4 cm³/mol. The zero-order valence-corrected chi connectivity index (χ0v) is 8.56. The molecule has 2 nitrogen and oxygen atoms in total. The molecule has 0 aliphatic rings. The Hall–Kier alpha value is -0.240. The van der Waals surface area contributed by atoms with E-state index in [9.17, 15) is 4.79 Å². The highest BCUT2D eigenvalue weighted by Crippen LogP contribution is 2.03. The van der Waals surface area contributed by atoms with Gasteiger partial charge in [-0.1, -0.05) is 6.92 Å². The van der Waals surface area contributed by atoms with Crippen molar-refractivity contribution in [3.8, 4) is 0 Å². The van der Waals surface area contributed by atoms with Crippen LogP contribution in [0.1, 0.15) is 39.5 Å². The molecule has 0 spiro atoms. The number of halogens is 1. The molecule has 0 fully saturated rings. The van der Waals surface area contributed by atoms with E-state index >= 15 is 0 Å². The molecular weight excluding hydrogens is 176 g/mol. The van der Waals surface area contributed by atoms with Crippen molar-refractivity contribution in [3.05, 3.63) is 0 Å². The Morgan fingerprint density at radius 3 is 2.75 bits per heavy atom. The van der Waals surface area contributed by atoms with E-state index in [1.165, 1.54) is 0 Å². The van der Waals surface area contributed by atoms with Gasteiger partial charge in [0.15, 0.2) is 0 Å². The van der Waals surface area contributed by atoms with Crippen LogP contribution >= 0.6 is 11.6 Å². The van der Waals surface area contributed by atoms with Gasteiger partial charge in [0.25, 0.3) is 0 Å². The molecular formula is C9H17ClO2. The second-order valence-corrected chi connectivity index (χ2v) is 3.64. The molecule has 3 heteroatoms. The second kappa shape index (κ2) is 7.41. The molecule has 0 aliphatic heterocycles. The van der Waals surface area contributed by atoms with Crippen molar-refractivity contribution < 1.29 is 9.53 Å². The van der Waals surface area contributed by atoms with E-state index in [1.807, 2.05) is 13.8 Å². The van der Waals surface area contributed by atoms with Gasteiger partial charge in [-0.2, -0.15) is 0 Å². The Kier molecular flexibility index (Phi) is 7.26. The smallest absolute Gasteiger partial charge is 0.305 e. The number of hydrogen-bond donors (Lipinski definition) is 0. The standard InChI is InChI=1S/C9H17ClO2/c1-3-5-9(11)12-7-4-6-8(2)10/h8H,3-7H2,1-2H3. The zero-order valence-electron chi connectivity index (χ0n) is 7.81. The van der Waals surface area contributed by atoms with Gasteiger partial charge in [-0.25, -0.2) is 0 Å². The van der Waals surface area contributed by atoms with Crippen LogP contribution in [0.3, 0.4) is 0 Å². The lowest BCUT2D eigenvalue weighted by molar-refractivity contribution is -0.143. The third kappa shape index (κ3) is 7.86. The third-order valence-electron chi connectivity index (χ3n) is 1.46. The van der Waals surface area contributed by atoms with Crippen LogP contribution in [0.5, 0.6) is 0 Å². The number of hydrogen-bond acceptors (Lipinski definition) is 2. The van der Waals surface area contributed by atoms with Crippen molar-refractivity contribution in [1.82, 2.24) is 0 Å². The zero-order chi connectivity index (χ0) is 9.40. The molecule has 12 heavy (non-hydrogen) atoms. The van der Waals surface area contributed by atoms with E-state index in [4.69, 9.17) is 16.3 Å². The third-order valence-corrected chi connectivity index (χ3v) is 1.68. The van der Waals surface area contributed by atoms with Gasteiger partial charge >= 0.3 is 5.97 Å². The minimum atomic E-state index is -0.0975. The van der Waals surface area contributed by atoms with Crippen molar-refractivity contribution in [2.75, 3.05) is 6.61 Å². The molecule has 72 valence electrons. The van der Waals surface area contributed by atoms with E-state index in [-0.39, 0.29) is 11.3 Å². The highest BCUT2D eigenvalue weighted by atomic mass is 35.5. The molecule has 0 heterocycles. The lowest BCUT2D eigenvalue weighted by atomic mass is 10.2. The maximum Gasteiger partial charge on any atom is 0.305 e. The Balaban J connectivity index is 3.14. The van der Waals surface area contributed by atoms with E-state index < -0.39 is 0 Å². The largest absolute Gasteiger partial charge is 0.466 e. The molecule has 1 unspecified atom stereocenters. The first kappa shape index (κ1) is 11.8. The monoisotopic (exact) mass is 192 g/mol. The molecule has 0 rings (SSSR count). The van der Waals surface area contributed by atoms with Crippen molar-refractivity contribution in [2.24, 2.45) is 0 Å². The van der Waals surface area contributed by atoms with Gasteiger partial charge in [0.2, 0.25) is 0 Å². The summed E-state index contributed by atoms with van der Waals surface area (Å²) in [6.45, 7) is 4.41. The molecule has 0 aromatic carbocycles. The number of carbonyl (C=O) groups excluding carboxylic acids is 1. The summed E-state index contributed by atoms with van der Waals surface area (Å²) in [4.78, 5) is 10.8. The number of carbonyl (C=O) groups is 1. The van der Waals surface area contributed by atoms with Crippen LogP contribution in [0, 0.1) is 0 Å². The average molecular weight is 193 g/mol. The maximum absolute atomic E-state index is 10.8. The van der Waals surface area contributed by atoms with Crippen LogP contribution in [0.25, 0.3) is 0 Å². The summed E-state index contributed by atoms with van der Waals surface area (Å²) < 4.78 is 4.94. The van der Waals surface area contributed by atoms with Crippen molar-refractivity contribution in [2.45, 2.75) is 44.9 Å². The molecule has 0 radical (unpaired) electrons. The lowest BCUT2D eigenvalue weighted by Gasteiger charge is -2.04. The van der Waals surface area contributed by atoms with Gasteiger partial charge in [0.05, 0.1) is 6.61 Å². The minimum absolute atomic E-state index is 0.0975. The highest BCUT2D eigenvalue weighted by molar-refractivity contribution is 6.20. The topological polar surface area (TPSA) is 26.3 Å². The fourth-order valence-corrected chi connectivity index (χ4v) is 0.981. The molecule has 1 atom stereocenters. The summed E-state index contributed by atoms with van der Waals surface area (Å²) in [5.74, 6) is -0.0975. The van der Waals surface area contributed by atoms with Crippen molar-refractivity contribution in [1.29, 1.82) is 0 Å². The SMILES string of the molecule is CCCC(=O)OCCCC(C)Cl. The van der Waals surface area contributed by atoms with Gasteiger partial charge in [-0.3, -0.25) is 4.79 Å². The summed E-state index contributed by atoms with van der Waals surface area (Å²) in [6.07, 6.45) is 3.14. The van der Waals surface area contributed by atoms with Crippen LogP contribution in [0.4, 0.5) is 0 Å². The number of esters is 1. The number of ether oxygens (including phenoxy) is 1. The molecule has 0 saturated heterocycles. The first-order valence-corrected chi connectivity index (χ1v) is 4.90. The van der Waals surface area contributed by atoms with Crippen LogP contribution < -0.4 is 0 Å². The van der Waals surface area contributed by atoms with Gasteiger partial charge < -0.3 is 4.74 Å². The van der Waals surface area contributed by atoms with Crippen LogP contribution in [0.2, 0.25) is 0 Å². The van der Waals surface area contributed by atoms with Crippen molar-refractivity contribution in [3.63, 3.8) is 0 Å².